The lowest BCUT2D eigenvalue weighted by Gasteiger charge is -2.14. The van der Waals surface area contributed by atoms with Gasteiger partial charge in [-0.3, -0.25) is 0 Å². The number of halogens is 1. The summed E-state index contributed by atoms with van der Waals surface area (Å²) in [6.45, 7) is 0.933. The minimum Gasteiger partial charge on any atom is -0.481 e. The first-order chi connectivity index (χ1) is 6.83. The molecule has 0 aromatic carbocycles. The van der Waals surface area contributed by atoms with Crippen LogP contribution in [0.5, 0.6) is 5.88 Å². The lowest BCUT2D eigenvalue weighted by molar-refractivity contribution is 0.378. The lowest BCUT2D eigenvalue weighted by atomic mass is 10.1. The van der Waals surface area contributed by atoms with E-state index in [2.05, 4.69) is 10.3 Å². The zero-order valence-electron chi connectivity index (χ0n) is 8.09. The van der Waals surface area contributed by atoms with E-state index in [-0.39, 0.29) is 11.9 Å². The predicted molar refractivity (Wildman–Crippen MR) is 50.7 cm³/mol. The molecule has 1 aromatic heterocycles. The molecule has 0 amide bonds. The molecule has 2 heterocycles. The molecule has 1 atom stereocenters. The molecule has 1 unspecified atom stereocenters. The van der Waals surface area contributed by atoms with Crippen LogP contribution in [0.2, 0.25) is 0 Å². The Bertz CT molecular complexity index is 324. The molecular weight excluding hydrogens is 183 g/mol. The fourth-order valence-electron chi connectivity index (χ4n) is 1.84. The maximum atomic E-state index is 13.5. The van der Waals surface area contributed by atoms with Gasteiger partial charge in [0.1, 0.15) is 5.82 Å². The quantitative estimate of drug-likeness (QED) is 0.781. The maximum absolute atomic E-state index is 13.5. The van der Waals surface area contributed by atoms with E-state index >= 15 is 0 Å². The Morgan fingerprint density at radius 1 is 1.64 bits per heavy atom. The Morgan fingerprint density at radius 2 is 2.50 bits per heavy atom. The van der Waals surface area contributed by atoms with Crippen molar-refractivity contribution in [1.29, 1.82) is 0 Å². The fraction of sp³-hybridized carbons (Fsp3) is 0.500. The van der Waals surface area contributed by atoms with Crippen LogP contribution in [0.3, 0.4) is 0 Å². The highest BCUT2D eigenvalue weighted by Crippen LogP contribution is 2.30. The molecule has 1 saturated heterocycles. The molecule has 4 heteroatoms. The predicted octanol–water partition coefficient (Wildman–Crippen LogP) is 1.65. The third-order valence-corrected chi connectivity index (χ3v) is 2.50. The van der Waals surface area contributed by atoms with Gasteiger partial charge in [-0.25, -0.2) is 9.37 Å². The van der Waals surface area contributed by atoms with Crippen molar-refractivity contribution in [3.8, 4) is 5.88 Å². The average molecular weight is 196 g/mol. The van der Waals surface area contributed by atoms with Crippen molar-refractivity contribution in [3.05, 3.63) is 23.6 Å². The zero-order valence-corrected chi connectivity index (χ0v) is 8.09. The molecule has 3 nitrogen and oxygen atoms in total. The second kappa shape index (κ2) is 3.92. The van der Waals surface area contributed by atoms with Gasteiger partial charge in [0.2, 0.25) is 5.88 Å². The van der Waals surface area contributed by atoms with Crippen molar-refractivity contribution < 1.29 is 9.13 Å². The molecule has 0 radical (unpaired) electrons. The third-order valence-electron chi connectivity index (χ3n) is 2.50. The topological polar surface area (TPSA) is 34.1 Å². The zero-order chi connectivity index (χ0) is 9.97. The summed E-state index contributed by atoms with van der Waals surface area (Å²) < 4.78 is 18.6. The summed E-state index contributed by atoms with van der Waals surface area (Å²) in [6, 6.07) is 1.43. The van der Waals surface area contributed by atoms with E-state index in [9.17, 15) is 4.39 Å². The van der Waals surface area contributed by atoms with Crippen molar-refractivity contribution in [2.75, 3.05) is 13.7 Å². The van der Waals surface area contributed by atoms with Gasteiger partial charge in [-0.15, -0.1) is 0 Å². The van der Waals surface area contributed by atoms with Crippen LogP contribution in [0.25, 0.3) is 0 Å². The Hall–Kier alpha value is -1.16. The Labute approximate surface area is 82.3 Å². The van der Waals surface area contributed by atoms with Crippen molar-refractivity contribution in [2.24, 2.45) is 0 Å². The van der Waals surface area contributed by atoms with Crippen LogP contribution in [-0.2, 0) is 0 Å². The molecule has 0 bridgehead atoms. The van der Waals surface area contributed by atoms with E-state index in [1.165, 1.54) is 19.4 Å². The summed E-state index contributed by atoms with van der Waals surface area (Å²) in [5.41, 5.74) is 0.563. The molecular formula is C10H13FN2O. The lowest BCUT2D eigenvalue weighted by Crippen LogP contribution is -2.15. The van der Waals surface area contributed by atoms with Crippen LogP contribution in [-0.4, -0.2) is 18.6 Å². The number of hydrogen-bond donors (Lipinski definition) is 1. The summed E-state index contributed by atoms with van der Waals surface area (Å²) in [5.74, 6) is 0.153. The first-order valence-corrected chi connectivity index (χ1v) is 4.74. The van der Waals surface area contributed by atoms with Crippen molar-refractivity contribution in [3.63, 3.8) is 0 Å². The number of nitrogens with one attached hydrogen (secondary N) is 1. The van der Waals surface area contributed by atoms with Crippen LogP contribution >= 0.6 is 0 Å². The Morgan fingerprint density at radius 3 is 3.14 bits per heavy atom. The number of pyridine rings is 1. The smallest absolute Gasteiger partial charge is 0.220 e. The van der Waals surface area contributed by atoms with Crippen molar-refractivity contribution in [2.45, 2.75) is 18.9 Å². The molecule has 1 N–H and O–H groups in total. The van der Waals surface area contributed by atoms with E-state index in [1.807, 2.05) is 0 Å². The van der Waals surface area contributed by atoms with Crippen LogP contribution in [0.15, 0.2) is 12.3 Å². The average Bonchev–Trinajstić information content (AvgIpc) is 2.70. The van der Waals surface area contributed by atoms with Gasteiger partial charge in [-0.2, -0.15) is 0 Å². The van der Waals surface area contributed by atoms with E-state index in [1.54, 1.807) is 0 Å². The van der Waals surface area contributed by atoms with Crippen LogP contribution in [0, 0.1) is 5.82 Å². The first-order valence-electron chi connectivity index (χ1n) is 4.74. The molecule has 76 valence electrons. The minimum absolute atomic E-state index is 0.0543. The van der Waals surface area contributed by atoms with Gasteiger partial charge in [0, 0.05) is 12.2 Å². The largest absolute Gasteiger partial charge is 0.481 e. The molecule has 0 spiro atoms. The molecule has 1 aliphatic heterocycles. The standard InChI is InChI=1S/C10H13FN2O/c1-14-10-9(7(11)4-6-13-10)8-3-2-5-12-8/h4,6,8,12H,2-3,5H2,1H3. The monoisotopic (exact) mass is 196 g/mol. The third kappa shape index (κ3) is 1.57. The molecule has 2 rings (SSSR count). The van der Waals surface area contributed by atoms with Crippen molar-refractivity contribution in [1.82, 2.24) is 10.3 Å². The van der Waals surface area contributed by atoms with E-state index in [0.29, 0.717) is 11.4 Å². The maximum Gasteiger partial charge on any atom is 0.220 e. The number of ether oxygens (including phenoxy) is 1. The molecule has 1 aliphatic rings. The van der Waals surface area contributed by atoms with Gasteiger partial charge < -0.3 is 10.1 Å². The van der Waals surface area contributed by atoms with Crippen LogP contribution < -0.4 is 10.1 Å². The summed E-state index contributed by atoms with van der Waals surface area (Å²) in [7, 11) is 1.51. The SMILES string of the molecule is COc1nccc(F)c1C1CCCN1. The van der Waals surface area contributed by atoms with Crippen LogP contribution in [0.1, 0.15) is 24.4 Å². The van der Waals surface area contributed by atoms with Gasteiger partial charge in [0.15, 0.2) is 0 Å². The summed E-state index contributed by atoms with van der Waals surface area (Å²) in [6.07, 6.45) is 3.44. The van der Waals surface area contributed by atoms with Crippen molar-refractivity contribution >= 4 is 0 Å². The van der Waals surface area contributed by atoms with Gasteiger partial charge in [-0.1, -0.05) is 0 Å². The van der Waals surface area contributed by atoms with Gasteiger partial charge in [0.05, 0.1) is 12.7 Å². The second-order valence-electron chi connectivity index (χ2n) is 3.36. The Balaban J connectivity index is 2.37. The molecule has 0 aliphatic carbocycles. The van der Waals surface area contributed by atoms with E-state index in [0.717, 1.165) is 19.4 Å². The van der Waals surface area contributed by atoms with Gasteiger partial charge in [0.25, 0.3) is 0 Å². The highest BCUT2D eigenvalue weighted by Gasteiger charge is 2.23. The number of aromatic nitrogens is 1. The summed E-state index contributed by atoms with van der Waals surface area (Å²) >= 11 is 0. The van der Waals surface area contributed by atoms with Gasteiger partial charge in [-0.05, 0) is 25.5 Å². The highest BCUT2D eigenvalue weighted by molar-refractivity contribution is 5.31. The first kappa shape index (κ1) is 9.40. The van der Waals surface area contributed by atoms with E-state index in [4.69, 9.17) is 4.74 Å². The molecule has 14 heavy (non-hydrogen) atoms. The van der Waals surface area contributed by atoms with Crippen LogP contribution in [0.4, 0.5) is 4.39 Å². The molecule has 1 fully saturated rings. The number of rotatable bonds is 2. The fourth-order valence-corrected chi connectivity index (χ4v) is 1.84. The molecule has 0 saturated carbocycles. The number of nitrogens with zero attached hydrogens (tertiary/aromatic N) is 1. The number of methoxy groups -OCH3 is 1. The Kier molecular flexibility index (Phi) is 2.63. The summed E-state index contributed by atoms with van der Waals surface area (Å²) in [5, 5.41) is 3.23. The highest BCUT2D eigenvalue weighted by atomic mass is 19.1. The number of hydrogen-bond acceptors (Lipinski definition) is 3. The molecule has 1 aromatic rings. The normalized spacial score (nSPS) is 21.1. The minimum atomic E-state index is -0.240. The summed E-state index contributed by atoms with van der Waals surface area (Å²) in [4.78, 5) is 4.00. The second-order valence-corrected chi connectivity index (χ2v) is 3.36. The van der Waals surface area contributed by atoms with E-state index < -0.39 is 0 Å². The van der Waals surface area contributed by atoms with Gasteiger partial charge >= 0.3 is 0 Å².